The molecule has 2 heterocycles. The van der Waals surface area contributed by atoms with Crippen LogP contribution in [0.5, 0.6) is 0 Å². The summed E-state index contributed by atoms with van der Waals surface area (Å²) in [5.41, 5.74) is 0.634. The molecule has 1 spiro atoms. The summed E-state index contributed by atoms with van der Waals surface area (Å²) in [6.45, 7) is 9.40. The van der Waals surface area contributed by atoms with Crippen molar-refractivity contribution in [3.8, 4) is 0 Å². The van der Waals surface area contributed by atoms with Gasteiger partial charge in [-0.1, -0.05) is 63.8 Å². The van der Waals surface area contributed by atoms with Crippen molar-refractivity contribution in [3.05, 3.63) is 36.1 Å². The van der Waals surface area contributed by atoms with E-state index in [1.54, 1.807) is 6.26 Å². The quantitative estimate of drug-likeness (QED) is 0.104. The maximum Gasteiger partial charge on any atom is 0.305 e. The Hall–Kier alpha value is -2.12. The second-order valence-electron chi connectivity index (χ2n) is 11.8. The molecule has 2 aliphatic heterocycles. The van der Waals surface area contributed by atoms with Crippen molar-refractivity contribution in [3.63, 3.8) is 0 Å². The molecule has 2 saturated carbocycles. The Morgan fingerprint density at radius 2 is 1.82 bits per heavy atom. The first kappa shape index (κ1) is 29.9. The third-order valence-corrected chi connectivity index (χ3v) is 9.40. The molecule has 4 aliphatic rings. The summed E-state index contributed by atoms with van der Waals surface area (Å²) in [5, 5.41) is 0. The molecule has 0 bridgehead atoms. The summed E-state index contributed by atoms with van der Waals surface area (Å²) in [6.07, 6.45) is 20.1. The number of ether oxygens (including phenoxy) is 5. The van der Waals surface area contributed by atoms with E-state index < -0.39 is 6.29 Å². The Balaban J connectivity index is 1.39. The molecule has 3 fully saturated rings. The van der Waals surface area contributed by atoms with Gasteiger partial charge in [-0.05, 0) is 43.9 Å². The molecule has 0 amide bonds. The van der Waals surface area contributed by atoms with Crippen LogP contribution in [0.1, 0.15) is 85.5 Å². The Morgan fingerprint density at radius 1 is 1.05 bits per heavy atom. The minimum absolute atomic E-state index is 0.0367. The van der Waals surface area contributed by atoms with Crippen LogP contribution in [-0.4, -0.2) is 50.3 Å². The fourth-order valence-electron chi connectivity index (χ4n) is 7.30. The fraction of sp³-hybridized carbons (Fsp3) is 0.750. The third-order valence-electron chi connectivity index (χ3n) is 9.40. The molecule has 0 radical (unpaired) electrons. The number of unbranched alkanes of at least 4 members (excludes halogenated alkanes) is 5. The minimum atomic E-state index is -0.702. The second kappa shape index (κ2) is 13.5. The normalized spacial score (nSPS) is 34.7. The molecule has 7 heteroatoms. The Bertz CT molecular complexity index is 933. The lowest BCUT2D eigenvalue weighted by molar-refractivity contribution is -0.193. The maximum absolute atomic E-state index is 12.0. The molecule has 0 unspecified atom stereocenters. The van der Waals surface area contributed by atoms with Crippen LogP contribution in [0.2, 0.25) is 0 Å². The van der Waals surface area contributed by atoms with Crippen LogP contribution in [0.25, 0.3) is 0 Å². The molecule has 1 saturated heterocycles. The topological polar surface area (TPSA) is 83.6 Å². The Kier molecular flexibility index (Phi) is 10.3. The molecule has 2 aliphatic carbocycles. The van der Waals surface area contributed by atoms with Crippen molar-refractivity contribution in [2.75, 3.05) is 26.4 Å². The van der Waals surface area contributed by atoms with Gasteiger partial charge in [-0.15, -0.1) is 0 Å². The van der Waals surface area contributed by atoms with Gasteiger partial charge in [-0.25, -0.2) is 0 Å². The molecular weight excluding hydrogens is 496 g/mol. The monoisotopic (exact) mass is 544 g/mol. The van der Waals surface area contributed by atoms with E-state index in [1.807, 2.05) is 0 Å². The Morgan fingerprint density at radius 3 is 2.51 bits per heavy atom. The van der Waals surface area contributed by atoms with Crippen molar-refractivity contribution in [2.45, 2.75) is 97.4 Å². The fourth-order valence-corrected chi connectivity index (χ4v) is 7.30. The zero-order chi connectivity index (χ0) is 27.9. The largest absolute Gasteiger partial charge is 0.462 e. The lowest BCUT2D eigenvalue weighted by Crippen LogP contribution is -2.47. The van der Waals surface area contributed by atoms with Gasteiger partial charge in [0.1, 0.15) is 12.2 Å². The number of rotatable bonds is 15. The van der Waals surface area contributed by atoms with Gasteiger partial charge in [0, 0.05) is 30.8 Å². The minimum Gasteiger partial charge on any atom is -0.462 e. The number of allylic oxidation sites excluding steroid dienone is 3. The van der Waals surface area contributed by atoms with Crippen molar-refractivity contribution in [1.82, 2.24) is 0 Å². The predicted molar refractivity (Wildman–Crippen MR) is 148 cm³/mol. The molecule has 218 valence electrons. The van der Waals surface area contributed by atoms with Gasteiger partial charge < -0.3 is 23.7 Å². The molecule has 39 heavy (non-hydrogen) atoms. The van der Waals surface area contributed by atoms with E-state index in [1.165, 1.54) is 46.0 Å². The zero-order valence-electron chi connectivity index (χ0n) is 24.3. The number of esters is 2. The first-order valence-electron chi connectivity index (χ1n) is 15.1. The molecule has 0 aromatic carbocycles. The molecule has 0 aromatic rings. The smallest absolute Gasteiger partial charge is 0.305 e. The summed E-state index contributed by atoms with van der Waals surface area (Å²) >= 11 is 0. The van der Waals surface area contributed by atoms with Crippen molar-refractivity contribution < 1.29 is 33.3 Å². The lowest BCUT2D eigenvalue weighted by atomic mass is 9.71. The van der Waals surface area contributed by atoms with Gasteiger partial charge in [0.25, 0.3) is 0 Å². The van der Waals surface area contributed by atoms with Crippen LogP contribution in [-0.2, 0) is 33.3 Å². The molecule has 0 aromatic heterocycles. The van der Waals surface area contributed by atoms with Crippen molar-refractivity contribution in [1.29, 1.82) is 0 Å². The van der Waals surface area contributed by atoms with Gasteiger partial charge in [0.2, 0.25) is 6.29 Å². The van der Waals surface area contributed by atoms with Crippen molar-refractivity contribution >= 4 is 11.9 Å². The molecule has 0 N–H and O–H groups in total. The maximum atomic E-state index is 12.0. The van der Waals surface area contributed by atoms with E-state index >= 15 is 0 Å². The lowest BCUT2D eigenvalue weighted by Gasteiger charge is -2.41. The molecule has 4 rings (SSSR count). The number of fused-ring (bicyclic) bond motifs is 4. The first-order valence-corrected chi connectivity index (χ1v) is 15.1. The van der Waals surface area contributed by atoms with Gasteiger partial charge in [-0.3, -0.25) is 9.59 Å². The number of carbonyl (C=O) groups excluding carboxylic acids is 2. The highest BCUT2D eigenvalue weighted by Crippen LogP contribution is 2.73. The van der Waals surface area contributed by atoms with Crippen LogP contribution >= 0.6 is 0 Å². The van der Waals surface area contributed by atoms with Gasteiger partial charge in [0.05, 0.1) is 32.0 Å². The second-order valence-corrected chi connectivity index (χ2v) is 11.8. The summed E-state index contributed by atoms with van der Waals surface area (Å²) in [4.78, 5) is 23.6. The van der Waals surface area contributed by atoms with Crippen LogP contribution < -0.4 is 0 Å². The molecule has 7 atom stereocenters. The SMILES string of the molecule is CCCCCCC/C=C/C=C/COC[C@@]1(CC)[C@@H]2[C@H]3C(COC(C)=O)=CO[C@H](OC(C)=O)[C@H]3[C@@]3(CC[C@@H]21)CO3. The van der Waals surface area contributed by atoms with E-state index in [-0.39, 0.29) is 41.4 Å². The van der Waals surface area contributed by atoms with Crippen molar-refractivity contribution in [2.24, 2.45) is 29.1 Å². The number of epoxide rings is 1. The van der Waals surface area contributed by atoms with Crippen LogP contribution in [0.4, 0.5) is 0 Å². The van der Waals surface area contributed by atoms with Crippen LogP contribution in [0, 0.1) is 29.1 Å². The van der Waals surface area contributed by atoms with Crippen LogP contribution in [0.3, 0.4) is 0 Å². The highest BCUT2D eigenvalue weighted by atomic mass is 16.7. The van der Waals surface area contributed by atoms with Gasteiger partial charge in [-0.2, -0.15) is 0 Å². The summed E-state index contributed by atoms with van der Waals surface area (Å²) in [5.74, 6) is 0.0216. The van der Waals surface area contributed by atoms with E-state index in [0.29, 0.717) is 31.7 Å². The predicted octanol–water partition coefficient (Wildman–Crippen LogP) is 6.28. The van der Waals surface area contributed by atoms with E-state index in [4.69, 9.17) is 23.7 Å². The molecule has 7 nitrogen and oxygen atoms in total. The first-order chi connectivity index (χ1) is 18.9. The number of hydrogen-bond donors (Lipinski definition) is 0. The van der Waals surface area contributed by atoms with Crippen LogP contribution in [0.15, 0.2) is 36.1 Å². The Labute approximate surface area is 234 Å². The summed E-state index contributed by atoms with van der Waals surface area (Å²) in [6, 6.07) is 0. The van der Waals surface area contributed by atoms with E-state index in [9.17, 15) is 9.59 Å². The average molecular weight is 545 g/mol. The highest BCUT2D eigenvalue weighted by molar-refractivity contribution is 5.66. The summed E-state index contributed by atoms with van der Waals surface area (Å²) < 4.78 is 29.4. The van der Waals surface area contributed by atoms with E-state index in [2.05, 4.69) is 38.2 Å². The number of carbonyl (C=O) groups is 2. The standard InChI is InChI=1S/C32H48O7/c1-5-7-8-9-10-11-12-13-14-15-18-35-21-31(6-2)26-16-17-32(22-38-32)29-27(28(26)31)25(19-36-23(3)33)20-37-30(29)39-24(4)34/h12-15,20,26-30H,5-11,16-19,21-22H2,1-4H3/b13-12+,15-14+/t26-,27+,28-,29-,30+,31+,32+/m0/s1. The summed E-state index contributed by atoms with van der Waals surface area (Å²) in [7, 11) is 0. The molecular formula is C32H48O7. The highest BCUT2D eigenvalue weighted by Gasteiger charge is 2.74. The average Bonchev–Trinajstić information content (AvgIpc) is 3.82. The third kappa shape index (κ3) is 6.97. The van der Waals surface area contributed by atoms with E-state index in [0.717, 1.165) is 31.3 Å². The van der Waals surface area contributed by atoms with Gasteiger partial charge in [0.15, 0.2) is 0 Å². The number of hydrogen-bond acceptors (Lipinski definition) is 7. The zero-order valence-corrected chi connectivity index (χ0v) is 24.3. The van der Waals surface area contributed by atoms with Gasteiger partial charge >= 0.3 is 11.9 Å².